The number of aromatic nitrogens is 1. The molecule has 0 unspecified atom stereocenters. The van der Waals surface area contributed by atoms with Crippen molar-refractivity contribution in [1.82, 2.24) is 4.98 Å². The Morgan fingerprint density at radius 2 is 1.00 bits per heavy atom. The highest BCUT2D eigenvalue weighted by Gasteiger charge is 2.35. The van der Waals surface area contributed by atoms with E-state index in [0.717, 1.165) is 36.4 Å². The first-order valence-corrected chi connectivity index (χ1v) is 7.65. The molecule has 0 aliphatic carbocycles. The number of aromatic amines is 1. The lowest BCUT2D eigenvalue weighted by Gasteiger charge is -2.15. The van der Waals surface area contributed by atoms with Crippen LogP contribution in [-0.4, -0.2) is 4.98 Å². The van der Waals surface area contributed by atoms with E-state index in [4.69, 9.17) is 0 Å². The van der Waals surface area contributed by atoms with Crippen LogP contribution >= 0.6 is 0 Å². The van der Waals surface area contributed by atoms with Gasteiger partial charge in [0.25, 0.3) is 0 Å². The second-order valence-electron chi connectivity index (χ2n) is 5.73. The molecule has 0 aliphatic heterocycles. The minimum atomic E-state index is -4.69. The molecule has 0 atom stereocenters. The van der Waals surface area contributed by atoms with Crippen LogP contribution in [0.1, 0.15) is 11.1 Å². The second kappa shape index (κ2) is 6.61. The van der Waals surface area contributed by atoms with Crippen molar-refractivity contribution in [2.24, 2.45) is 0 Å². The summed E-state index contributed by atoms with van der Waals surface area (Å²) >= 11 is 0. The molecular formula is C19H11F6NO. The predicted octanol–water partition coefficient (Wildman–Crippen LogP) is 5.75. The molecule has 1 aromatic heterocycles. The summed E-state index contributed by atoms with van der Waals surface area (Å²) in [6.45, 7) is 0. The molecule has 27 heavy (non-hydrogen) atoms. The highest BCUT2D eigenvalue weighted by molar-refractivity contribution is 5.70. The summed E-state index contributed by atoms with van der Waals surface area (Å²) in [7, 11) is 0. The summed E-state index contributed by atoms with van der Waals surface area (Å²) in [6, 6.07) is 10.9. The molecule has 140 valence electrons. The van der Waals surface area contributed by atoms with Crippen LogP contribution in [0, 0.1) is 0 Å². The zero-order chi connectivity index (χ0) is 19.8. The van der Waals surface area contributed by atoms with Crippen molar-refractivity contribution >= 4 is 0 Å². The first-order valence-electron chi connectivity index (χ1n) is 7.65. The quantitative estimate of drug-likeness (QED) is 0.562. The third-order valence-corrected chi connectivity index (χ3v) is 3.89. The van der Waals surface area contributed by atoms with E-state index >= 15 is 0 Å². The molecule has 0 radical (unpaired) electrons. The summed E-state index contributed by atoms with van der Waals surface area (Å²) in [4.78, 5) is 14.5. The minimum absolute atomic E-state index is 0.220. The smallest absolute Gasteiger partial charge is 0.354 e. The molecular weight excluding hydrogens is 372 g/mol. The van der Waals surface area contributed by atoms with Crippen molar-refractivity contribution in [3.05, 3.63) is 82.0 Å². The van der Waals surface area contributed by atoms with E-state index in [9.17, 15) is 31.1 Å². The maximum Gasteiger partial charge on any atom is 0.417 e. The van der Waals surface area contributed by atoms with E-state index in [-0.39, 0.29) is 22.5 Å². The summed E-state index contributed by atoms with van der Waals surface area (Å²) in [5.41, 5.74) is -3.80. The van der Waals surface area contributed by atoms with Crippen LogP contribution in [0.25, 0.3) is 22.5 Å². The van der Waals surface area contributed by atoms with Crippen molar-refractivity contribution in [2.45, 2.75) is 12.4 Å². The highest BCUT2D eigenvalue weighted by Crippen LogP contribution is 2.38. The van der Waals surface area contributed by atoms with Gasteiger partial charge in [-0.25, -0.2) is 0 Å². The number of benzene rings is 2. The average Bonchev–Trinajstić information content (AvgIpc) is 2.60. The minimum Gasteiger partial charge on any atom is -0.354 e. The summed E-state index contributed by atoms with van der Waals surface area (Å²) in [6.07, 6.45) is -9.37. The molecule has 2 aromatic carbocycles. The van der Waals surface area contributed by atoms with Gasteiger partial charge < -0.3 is 4.98 Å². The Morgan fingerprint density at radius 3 is 1.37 bits per heavy atom. The molecule has 3 rings (SSSR count). The first-order chi connectivity index (χ1) is 12.6. The third kappa shape index (κ3) is 3.89. The van der Waals surface area contributed by atoms with Gasteiger partial charge in [-0.2, -0.15) is 26.3 Å². The van der Waals surface area contributed by atoms with Crippen molar-refractivity contribution in [1.29, 1.82) is 0 Å². The second-order valence-corrected chi connectivity index (χ2v) is 5.73. The average molecular weight is 383 g/mol. The van der Waals surface area contributed by atoms with Gasteiger partial charge in [0.15, 0.2) is 5.43 Å². The van der Waals surface area contributed by atoms with Gasteiger partial charge in [-0.1, -0.05) is 36.4 Å². The maximum absolute atomic E-state index is 13.2. The van der Waals surface area contributed by atoms with Crippen molar-refractivity contribution in [2.75, 3.05) is 0 Å². The zero-order valence-electron chi connectivity index (χ0n) is 13.4. The van der Waals surface area contributed by atoms with Gasteiger partial charge in [0, 0.05) is 23.3 Å². The number of hydrogen-bond donors (Lipinski definition) is 1. The lowest BCUT2D eigenvalue weighted by Crippen LogP contribution is -2.11. The van der Waals surface area contributed by atoms with Crippen LogP contribution in [0.4, 0.5) is 26.3 Å². The van der Waals surface area contributed by atoms with Crippen molar-refractivity contribution in [3.63, 3.8) is 0 Å². The number of alkyl halides is 6. The summed E-state index contributed by atoms with van der Waals surface area (Å²) < 4.78 is 79.4. The van der Waals surface area contributed by atoms with Crippen molar-refractivity contribution < 1.29 is 26.3 Å². The number of rotatable bonds is 2. The van der Waals surface area contributed by atoms with Crippen LogP contribution in [0.15, 0.2) is 65.5 Å². The fraction of sp³-hybridized carbons (Fsp3) is 0.105. The fourth-order valence-electron chi connectivity index (χ4n) is 2.76. The van der Waals surface area contributed by atoms with E-state index in [2.05, 4.69) is 4.98 Å². The third-order valence-electron chi connectivity index (χ3n) is 3.89. The molecule has 0 amide bonds. The number of nitrogens with one attached hydrogen (secondary N) is 1. The molecule has 0 aliphatic rings. The highest BCUT2D eigenvalue weighted by atomic mass is 19.4. The lowest BCUT2D eigenvalue weighted by molar-refractivity contribution is -0.137. The van der Waals surface area contributed by atoms with Crippen LogP contribution in [-0.2, 0) is 12.4 Å². The zero-order valence-corrected chi connectivity index (χ0v) is 13.4. The molecule has 2 nitrogen and oxygen atoms in total. The Kier molecular flexibility index (Phi) is 4.59. The normalized spacial score (nSPS) is 12.2. The van der Waals surface area contributed by atoms with Gasteiger partial charge in [0.1, 0.15) is 0 Å². The predicted molar refractivity (Wildman–Crippen MR) is 87.9 cm³/mol. The van der Waals surface area contributed by atoms with Crippen LogP contribution in [0.5, 0.6) is 0 Å². The van der Waals surface area contributed by atoms with E-state index < -0.39 is 28.9 Å². The molecule has 0 saturated carbocycles. The summed E-state index contributed by atoms with van der Waals surface area (Å²) in [5, 5.41) is 0. The van der Waals surface area contributed by atoms with Crippen LogP contribution in [0.2, 0.25) is 0 Å². The van der Waals surface area contributed by atoms with Crippen molar-refractivity contribution in [3.8, 4) is 22.5 Å². The Bertz CT molecular complexity index is 954. The SMILES string of the molecule is O=c1cc(-c2ccccc2C(F)(F)F)[nH]c(-c2ccccc2C(F)(F)F)c1. The van der Waals surface area contributed by atoms with Gasteiger partial charge in [0.05, 0.1) is 22.5 Å². The molecule has 1 heterocycles. The molecule has 1 N–H and O–H groups in total. The Hall–Kier alpha value is -3.03. The molecule has 0 spiro atoms. The van der Waals surface area contributed by atoms with E-state index in [1.165, 1.54) is 24.3 Å². The topological polar surface area (TPSA) is 32.9 Å². The molecule has 0 fully saturated rings. The fourth-order valence-corrected chi connectivity index (χ4v) is 2.76. The van der Waals surface area contributed by atoms with Crippen LogP contribution < -0.4 is 5.43 Å². The lowest BCUT2D eigenvalue weighted by atomic mass is 10.0. The molecule has 0 bridgehead atoms. The number of H-pyrrole nitrogens is 1. The van der Waals surface area contributed by atoms with Gasteiger partial charge in [-0.05, 0) is 12.1 Å². The standard InChI is InChI=1S/C19H11F6NO/c20-18(21,22)14-7-3-1-5-12(14)16-9-11(27)10-17(26-16)13-6-2-4-8-15(13)19(23,24)25/h1-10H,(H,26,27). The Morgan fingerprint density at radius 1 is 0.630 bits per heavy atom. The maximum atomic E-state index is 13.2. The van der Waals surface area contributed by atoms with E-state index in [1.54, 1.807) is 0 Å². The van der Waals surface area contributed by atoms with E-state index in [1.807, 2.05) is 0 Å². The molecule has 3 aromatic rings. The Labute approximate surface area is 149 Å². The van der Waals surface area contributed by atoms with Gasteiger partial charge >= 0.3 is 12.4 Å². The Balaban J connectivity index is 2.24. The number of halogens is 6. The van der Waals surface area contributed by atoms with Gasteiger partial charge in [-0.3, -0.25) is 4.79 Å². The van der Waals surface area contributed by atoms with E-state index in [0.29, 0.717) is 0 Å². The summed E-state index contributed by atoms with van der Waals surface area (Å²) in [5.74, 6) is 0. The first kappa shape index (κ1) is 18.8. The largest absolute Gasteiger partial charge is 0.417 e. The molecule has 8 heteroatoms. The van der Waals surface area contributed by atoms with Crippen LogP contribution in [0.3, 0.4) is 0 Å². The van der Waals surface area contributed by atoms with Gasteiger partial charge in [0.2, 0.25) is 0 Å². The molecule has 0 saturated heterocycles. The van der Waals surface area contributed by atoms with Gasteiger partial charge in [-0.15, -0.1) is 0 Å². The number of pyridine rings is 1. The number of hydrogen-bond acceptors (Lipinski definition) is 1. The monoisotopic (exact) mass is 383 g/mol.